The Morgan fingerprint density at radius 2 is 1.80 bits per heavy atom. The van der Waals surface area contributed by atoms with E-state index in [4.69, 9.17) is 15.9 Å². The molecule has 0 aliphatic carbocycles. The fourth-order valence-corrected chi connectivity index (χ4v) is 3.46. The van der Waals surface area contributed by atoms with E-state index in [0.29, 0.717) is 17.3 Å². The maximum absolute atomic E-state index is 9.55. The van der Waals surface area contributed by atoms with Gasteiger partial charge in [-0.2, -0.15) is 0 Å². The third-order valence-electron chi connectivity index (χ3n) is 3.08. The molecule has 0 spiro atoms. The van der Waals surface area contributed by atoms with Crippen molar-refractivity contribution in [1.82, 2.24) is 9.88 Å². The Bertz CT molecular complexity index is 705. The third-order valence-corrected chi connectivity index (χ3v) is 4.84. The van der Waals surface area contributed by atoms with Crippen LogP contribution in [0.15, 0.2) is 29.7 Å². The number of carbonyl (C=O) groups is 2. The van der Waals surface area contributed by atoms with Crippen molar-refractivity contribution in [1.29, 1.82) is 0 Å². The van der Waals surface area contributed by atoms with Crippen molar-refractivity contribution in [2.45, 2.75) is 20.4 Å². The quantitative estimate of drug-likeness (QED) is 0.629. The number of carboxylic acid groups (broad SMARTS) is 2. The number of aliphatic carboxylic acids is 2. The zero-order valence-corrected chi connectivity index (χ0v) is 15.6. The van der Waals surface area contributed by atoms with Crippen LogP contribution >= 0.6 is 22.7 Å². The lowest BCUT2D eigenvalue weighted by molar-refractivity contribution is -0.134. The fraction of sp³-hybridized carbons (Fsp3) is 0.312. The second-order valence-corrected chi connectivity index (χ2v) is 6.87. The minimum absolute atomic E-state index is 0.558. The van der Waals surface area contributed by atoms with Gasteiger partial charge in [0.1, 0.15) is 0 Å². The molecule has 0 saturated carbocycles. The maximum atomic E-state index is 9.55. The van der Waals surface area contributed by atoms with Gasteiger partial charge in [-0.15, -0.1) is 22.7 Å². The normalized spacial score (nSPS) is 10.7. The molecule has 4 N–H and O–H groups in total. The molecule has 0 bridgehead atoms. The van der Waals surface area contributed by atoms with Crippen LogP contribution < -0.4 is 5.73 Å². The van der Waals surface area contributed by atoms with E-state index in [9.17, 15) is 9.59 Å². The highest BCUT2D eigenvalue weighted by Gasteiger charge is 2.08. The molecule has 0 atom stereocenters. The Balaban J connectivity index is 0.000000333. The van der Waals surface area contributed by atoms with Crippen LogP contribution in [0.4, 0.5) is 5.13 Å². The van der Waals surface area contributed by atoms with E-state index < -0.39 is 11.9 Å². The van der Waals surface area contributed by atoms with E-state index in [1.807, 2.05) is 5.38 Å². The van der Waals surface area contributed by atoms with Crippen LogP contribution in [-0.2, 0) is 16.1 Å². The predicted molar refractivity (Wildman–Crippen MR) is 101 cm³/mol. The lowest BCUT2D eigenvalue weighted by Gasteiger charge is -2.16. The summed E-state index contributed by atoms with van der Waals surface area (Å²) in [6.45, 7) is 7.59. The number of nitrogens with zero attached hydrogens (tertiary/aromatic N) is 2. The molecule has 0 radical (unpaired) electrons. The molecule has 9 heteroatoms. The third kappa shape index (κ3) is 7.92. The Morgan fingerprint density at radius 3 is 2.24 bits per heavy atom. The van der Waals surface area contributed by atoms with E-state index >= 15 is 0 Å². The van der Waals surface area contributed by atoms with Gasteiger partial charge < -0.3 is 15.9 Å². The summed E-state index contributed by atoms with van der Waals surface area (Å²) in [6, 6.07) is 4.33. The second kappa shape index (κ2) is 10.6. The van der Waals surface area contributed by atoms with Crippen molar-refractivity contribution in [3.8, 4) is 10.6 Å². The van der Waals surface area contributed by atoms with Crippen LogP contribution in [0.2, 0.25) is 0 Å². The fourth-order valence-electron chi connectivity index (χ4n) is 1.81. The zero-order valence-electron chi connectivity index (χ0n) is 14.0. The molecule has 25 heavy (non-hydrogen) atoms. The van der Waals surface area contributed by atoms with Gasteiger partial charge in [-0.25, -0.2) is 14.6 Å². The van der Waals surface area contributed by atoms with Crippen molar-refractivity contribution >= 4 is 39.7 Å². The molecule has 7 nitrogen and oxygen atoms in total. The average Bonchev–Trinajstić information content (AvgIpc) is 3.20. The smallest absolute Gasteiger partial charge is 0.328 e. The maximum Gasteiger partial charge on any atom is 0.328 e. The summed E-state index contributed by atoms with van der Waals surface area (Å²) in [4.78, 5) is 28.4. The van der Waals surface area contributed by atoms with Crippen LogP contribution in [-0.4, -0.2) is 45.1 Å². The Hall–Kier alpha value is -2.23. The first-order valence-corrected chi connectivity index (χ1v) is 9.21. The first-order chi connectivity index (χ1) is 11.8. The molecule has 0 unspecified atom stereocenters. The SMILES string of the molecule is CCN(CC)Cc1ccc(-c2csc(N)n2)s1.O=C(O)/C=C/C(=O)O. The number of rotatable bonds is 7. The number of thiazole rings is 1. The number of nitrogens with two attached hydrogens (primary N) is 1. The molecule has 2 rings (SSSR count). The first-order valence-electron chi connectivity index (χ1n) is 7.52. The Labute approximate surface area is 154 Å². The second-order valence-electron chi connectivity index (χ2n) is 4.81. The number of hydrogen-bond acceptors (Lipinski definition) is 7. The summed E-state index contributed by atoms with van der Waals surface area (Å²) in [5.41, 5.74) is 6.65. The Kier molecular flexibility index (Phi) is 8.82. The summed E-state index contributed by atoms with van der Waals surface area (Å²) in [7, 11) is 0. The van der Waals surface area contributed by atoms with Gasteiger partial charge in [0.05, 0.1) is 10.6 Å². The number of aromatic nitrogens is 1. The van der Waals surface area contributed by atoms with E-state index in [-0.39, 0.29) is 0 Å². The molecule has 0 aliphatic rings. The molecular formula is C16H21N3O4S2. The first kappa shape index (κ1) is 20.8. The largest absolute Gasteiger partial charge is 0.478 e. The summed E-state index contributed by atoms with van der Waals surface area (Å²) < 4.78 is 0. The van der Waals surface area contributed by atoms with Gasteiger partial charge in [-0.3, -0.25) is 4.90 Å². The van der Waals surface area contributed by atoms with E-state index in [1.54, 1.807) is 11.3 Å². The van der Waals surface area contributed by atoms with Gasteiger partial charge in [-0.1, -0.05) is 13.8 Å². The Morgan fingerprint density at radius 1 is 1.20 bits per heavy atom. The lowest BCUT2D eigenvalue weighted by atomic mass is 10.3. The minimum atomic E-state index is -1.26. The van der Waals surface area contributed by atoms with E-state index in [1.165, 1.54) is 21.1 Å². The van der Waals surface area contributed by atoms with Gasteiger partial charge in [0.2, 0.25) is 0 Å². The number of thiophene rings is 1. The van der Waals surface area contributed by atoms with Crippen molar-refractivity contribution < 1.29 is 19.8 Å². The highest BCUT2D eigenvalue weighted by atomic mass is 32.1. The number of carboxylic acids is 2. The van der Waals surface area contributed by atoms with Crippen LogP contribution in [0.5, 0.6) is 0 Å². The van der Waals surface area contributed by atoms with Gasteiger partial charge >= 0.3 is 11.9 Å². The highest BCUT2D eigenvalue weighted by molar-refractivity contribution is 7.16. The summed E-state index contributed by atoms with van der Waals surface area (Å²) in [6.07, 6.45) is 1.12. The predicted octanol–water partition coefficient (Wildman–Crippen LogP) is 3.01. The van der Waals surface area contributed by atoms with Crippen molar-refractivity contribution in [2.24, 2.45) is 0 Å². The van der Waals surface area contributed by atoms with Crippen LogP contribution in [0.25, 0.3) is 10.6 Å². The highest BCUT2D eigenvalue weighted by Crippen LogP contribution is 2.30. The van der Waals surface area contributed by atoms with E-state index in [2.05, 4.69) is 35.9 Å². The van der Waals surface area contributed by atoms with Crippen molar-refractivity contribution in [3.63, 3.8) is 0 Å². The molecule has 0 aromatic carbocycles. The molecule has 2 aromatic rings. The van der Waals surface area contributed by atoms with Crippen LogP contribution in [0.3, 0.4) is 0 Å². The number of anilines is 1. The summed E-state index contributed by atoms with van der Waals surface area (Å²) in [5, 5.41) is 18.3. The summed E-state index contributed by atoms with van der Waals surface area (Å²) in [5.74, 6) is -2.51. The van der Waals surface area contributed by atoms with Crippen molar-refractivity contribution in [3.05, 3.63) is 34.5 Å². The van der Waals surface area contributed by atoms with Gasteiger partial charge in [0, 0.05) is 29.0 Å². The topological polar surface area (TPSA) is 117 Å². The zero-order chi connectivity index (χ0) is 18.8. The molecule has 0 saturated heterocycles. The van der Waals surface area contributed by atoms with Crippen molar-refractivity contribution in [2.75, 3.05) is 18.8 Å². The minimum Gasteiger partial charge on any atom is -0.478 e. The monoisotopic (exact) mass is 383 g/mol. The number of nitrogen functional groups attached to an aromatic ring is 1. The molecule has 0 aliphatic heterocycles. The standard InChI is InChI=1S/C12H17N3S2.C4H4O4/c1-3-15(4-2)7-9-5-6-11(17-9)10-8-16-12(13)14-10;5-3(6)1-2-4(7)8/h5-6,8H,3-4,7H2,1-2H3,(H2,13,14);1-2H,(H,5,6)(H,7,8)/b;2-1+. The molecule has 2 heterocycles. The number of hydrogen-bond donors (Lipinski definition) is 3. The lowest BCUT2D eigenvalue weighted by Crippen LogP contribution is -2.21. The molecule has 0 fully saturated rings. The summed E-state index contributed by atoms with van der Waals surface area (Å²) >= 11 is 3.30. The molecular weight excluding hydrogens is 362 g/mol. The molecule has 0 amide bonds. The molecule has 2 aromatic heterocycles. The average molecular weight is 383 g/mol. The van der Waals surface area contributed by atoms with Gasteiger partial charge in [-0.05, 0) is 25.2 Å². The van der Waals surface area contributed by atoms with Crippen LogP contribution in [0.1, 0.15) is 18.7 Å². The van der Waals surface area contributed by atoms with E-state index in [0.717, 1.165) is 25.3 Å². The van der Waals surface area contributed by atoms with Gasteiger partial charge in [0.25, 0.3) is 0 Å². The molecule has 136 valence electrons. The van der Waals surface area contributed by atoms with Gasteiger partial charge in [0.15, 0.2) is 5.13 Å². The van der Waals surface area contributed by atoms with Crippen LogP contribution in [0, 0.1) is 0 Å².